The van der Waals surface area contributed by atoms with Gasteiger partial charge in [0.2, 0.25) is 0 Å². The molecule has 3 aromatic rings. The summed E-state index contributed by atoms with van der Waals surface area (Å²) in [4.78, 5) is 23.4. The first-order chi connectivity index (χ1) is 16.6. The summed E-state index contributed by atoms with van der Waals surface area (Å²) in [6, 6.07) is 13.0. The Balaban J connectivity index is 1.16. The average Bonchev–Trinajstić information content (AvgIpc) is 3.27. The van der Waals surface area contributed by atoms with E-state index in [0.717, 1.165) is 42.0 Å². The van der Waals surface area contributed by atoms with Crippen LogP contribution >= 0.6 is 0 Å². The van der Waals surface area contributed by atoms with Crippen molar-refractivity contribution in [3.05, 3.63) is 48.8 Å². The van der Waals surface area contributed by atoms with E-state index in [1.807, 2.05) is 10.6 Å². The number of hydrogen-bond donors (Lipinski definition) is 0. The molecule has 178 valence electrons. The van der Waals surface area contributed by atoms with E-state index < -0.39 is 6.09 Å². The summed E-state index contributed by atoms with van der Waals surface area (Å²) in [5, 5.41) is 4.50. The largest absolute Gasteiger partial charge is 0.447 e. The van der Waals surface area contributed by atoms with Crippen molar-refractivity contribution in [2.24, 2.45) is 5.41 Å². The number of aromatic nitrogens is 2. The number of likely N-dealkylation sites (tertiary alicyclic amines) is 1. The van der Waals surface area contributed by atoms with Crippen molar-refractivity contribution < 1.29 is 14.3 Å². The van der Waals surface area contributed by atoms with Crippen LogP contribution < -0.4 is 9.80 Å². The Morgan fingerprint density at radius 2 is 1.74 bits per heavy atom. The van der Waals surface area contributed by atoms with Crippen molar-refractivity contribution in [1.29, 1.82) is 0 Å². The fraction of sp³-hybridized carbons (Fsp3) is 0.440. The molecular weight excluding hydrogens is 435 g/mol. The number of amides is 1. The van der Waals surface area contributed by atoms with Crippen LogP contribution in [0.4, 0.5) is 20.7 Å². The molecule has 3 saturated heterocycles. The van der Waals surface area contributed by atoms with Crippen LogP contribution in [0.15, 0.2) is 48.8 Å². The van der Waals surface area contributed by atoms with Crippen molar-refractivity contribution in [2.45, 2.75) is 6.92 Å². The van der Waals surface area contributed by atoms with Gasteiger partial charge in [-0.2, -0.15) is 5.10 Å². The lowest BCUT2D eigenvalue weighted by Gasteiger charge is -2.61. The minimum absolute atomic E-state index is 0.417. The minimum Gasteiger partial charge on any atom is -0.370 e. The van der Waals surface area contributed by atoms with E-state index in [-0.39, 0.29) is 0 Å². The van der Waals surface area contributed by atoms with Gasteiger partial charge in [0.1, 0.15) is 0 Å². The molecule has 0 bridgehead atoms. The molecule has 1 spiro atoms. The van der Waals surface area contributed by atoms with Gasteiger partial charge in [0.15, 0.2) is 0 Å². The summed E-state index contributed by atoms with van der Waals surface area (Å²) in [6.07, 6.45) is 2.92. The van der Waals surface area contributed by atoms with Gasteiger partial charge in [-0.3, -0.25) is 0 Å². The Morgan fingerprint density at radius 1 is 1.00 bits per heavy atom. The molecule has 0 aliphatic carbocycles. The van der Waals surface area contributed by atoms with Gasteiger partial charge >= 0.3 is 6.09 Å². The normalized spacial score (nSPS) is 19.9. The minimum atomic E-state index is -0.919. The average molecular weight is 465 g/mol. The molecule has 5 heterocycles. The van der Waals surface area contributed by atoms with E-state index in [1.54, 1.807) is 6.20 Å². The number of anilines is 2. The van der Waals surface area contributed by atoms with E-state index in [4.69, 9.17) is 0 Å². The van der Waals surface area contributed by atoms with Gasteiger partial charge in [0.25, 0.3) is 0 Å². The number of hydrogen-bond acceptors (Lipinski definition) is 6. The highest BCUT2D eigenvalue weighted by Gasteiger charge is 2.51. The van der Waals surface area contributed by atoms with Crippen LogP contribution in [0.1, 0.15) is 6.92 Å². The Morgan fingerprint density at radius 3 is 2.41 bits per heavy atom. The van der Waals surface area contributed by atoms with Gasteiger partial charge in [-0.15, -0.1) is 0 Å². The van der Waals surface area contributed by atoms with Crippen LogP contribution in [0.5, 0.6) is 0 Å². The third-order valence-electron chi connectivity index (χ3n) is 7.61. The number of rotatable bonds is 4. The third kappa shape index (κ3) is 3.55. The number of benzene rings is 1. The lowest BCUT2D eigenvalue weighted by Crippen LogP contribution is -2.72. The predicted molar refractivity (Wildman–Crippen MR) is 129 cm³/mol. The molecule has 6 rings (SSSR count). The Hall–Kier alpha value is -3.33. The summed E-state index contributed by atoms with van der Waals surface area (Å²) in [5.41, 5.74) is 6.15. The first kappa shape index (κ1) is 21.2. The quantitative estimate of drug-likeness (QED) is 0.591. The van der Waals surface area contributed by atoms with E-state index in [9.17, 15) is 9.32 Å². The van der Waals surface area contributed by atoms with Gasteiger partial charge in [-0.25, -0.2) is 14.3 Å². The first-order valence-electron chi connectivity index (χ1n) is 12.0. The molecular formula is C25H29FN6O2. The van der Waals surface area contributed by atoms with Crippen molar-refractivity contribution >= 4 is 23.0 Å². The zero-order chi connectivity index (χ0) is 23.3. The summed E-state index contributed by atoms with van der Waals surface area (Å²) in [7, 11) is 0. The molecule has 0 radical (unpaired) electrons. The maximum Gasteiger partial charge on any atom is 0.447 e. The van der Waals surface area contributed by atoms with E-state index >= 15 is 0 Å². The highest BCUT2D eigenvalue weighted by Crippen LogP contribution is 2.42. The topological polar surface area (TPSA) is 56.6 Å². The highest BCUT2D eigenvalue weighted by molar-refractivity contribution is 5.80. The molecule has 0 atom stereocenters. The number of fused-ring (bicyclic) bond motifs is 1. The first-order valence-corrected chi connectivity index (χ1v) is 12.0. The molecule has 3 aliphatic heterocycles. The predicted octanol–water partition coefficient (Wildman–Crippen LogP) is 3.29. The molecule has 0 N–H and O–H groups in total. The number of halogens is 1. The number of piperazine rings is 1. The summed E-state index contributed by atoms with van der Waals surface area (Å²) in [6.45, 7) is 10.2. The van der Waals surface area contributed by atoms with Crippen LogP contribution in [0.25, 0.3) is 16.6 Å². The second-order valence-corrected chi connectivity index (χ2v) is 9.80. The Bertz CT molecular complexity index is 1190. The zero-order valence-electron chi connectivity index (χ0n) is 19.4. The van der Waals surface area contributed by atoms with Gasteiger partial charge in [0, 0.05) is 85.9 Å². The molecule has 0 saturated carbocycles. The molecule has 0 unspecified atom stereocenters. The van der Waals surface area contributed by atoms with Crippen molar-refractivity contribution in [3.63, 3.8) is 0 Å². The number of carbonyl (C=O) groups excluding carboxylic acids is 1. The second-order valence-electron chi connectivity index (χ2n) is 9.80. The van der Waals surface area contributed by atoms with Crippen LogP contribution in [-0.2, 0) is 4.94 Å². The fourth-order valence-corrected chi connectivity index (χ4v) is 5.74. The van der Waals surface area contributed by atoms with Crippen molar-refractivity contribution in [2.75, 3.05) is 68.7 Å². The fourth-order valence-electron chi connectivity index (χ4n) is 5.74. The summed E-state index contributed by atoms with van der Waals surface area (Å²) >= 11 is 0. The standard InChI is InChI=1S/C25H29FN6O2/c1-2-28-15-25(16-28)17-31(18-25)21-5-3-19(4-6-21)20-13-23-22(7-8-27-32(23)14-20)29-9-11-30(12-10-29)24(33)34-26/h3-8,13-14H,2,9-12,15-18H2,1H3. The molecule has 34 heavy (non-hydrogen) atoms. The van der Waals surface area contributed by atoms with Crippen molar-refractivity contribution in [3.8, 4) is 11.1 Å². The van der Waals surface area contributed by atoms with Gasteiger partial charge in [0.05, 0.1) is 11.2 Å². The van der Waals surface area contributed by atoms with E-state index in [0.29, 0.717) is 31.6 Å². The molecule has 3 fully saturated rings. The lowest BCUT2D eigenvalue weighted by atomic mass is 9.72. The van der Waals surface area contributed by atoms with E-state index in [2.05, 4.69) is 68.2 Å². The van der Waals surface area contributed by atoms with Crippen molar-refractivity contribution in [1.82, 2.24) is 19.4 Å². The van der Waals surface area contributed by atoms with Crippen LogP contribution in [0.2, 0.25) is 0 Å². The van der Waals surface area contributed by atoms with E-state index in [1.165, 1.54) is 23.7 Å². The van der Waals surface area contributed by atoms with Gasteiger partial charge in [-0.05, 0) is 36.4 Å². The molecule has 9 heteroatoms. The Labute approximate surface area is 198 Å². The third-order valence-corrected chi connectivity index (χ3v) is 7.61. The second kappa shape index (κ2) is 8.16. The summed E-state index contributed by atoms with van der Waals surface area (Å²) in [5.74, 6) is 0. The SMILES string of the molecule is CCN1CC2(C1)CN(c1ccc(-c3cc4c(N5CCN(C(=O)OF)CC5)ccnn4c3)cc1)C2. The maximum absolute atomic E-state index is 12.2. The highest BCUT2D eigenvalue weighted by atomic mass is 19.3. The molecule has 1 amide bonds. The number of nitrogens with zero attached hydrogens (tertiary/aromatic N) is 6. The molecule has 2 aromatic heterocycles. The molecule has 1 aromatic carbocycles. The summed E-state index contributed by atoms with van der Waals surface area (Å²) < 4.78 is 14.1. The van der Waals surface area contributed by atoms with Gasteiger partial charge in [-0.1, -0.05) is 19.1 Å². The molecule has 3 aliphatic rings. The molecule has 8 nitrogen and oxygen atoms in total. The van der Waals surface area contributed by atoms with Crippen LogP contribution in [0, 0.1) is 5.41 Å². The monoisotopic (exact) mass is 464 g/mol. The smallest absolute Gasteiger partial charge is 0.370 e. The van der Waals surface area contributed by atoms with Crippen LogP contribution in [-0.4, -0.2) is 84.4 Å². The lowest BCUT2D eigenvalue weighted by molar-refractivity contribution is -0.0799. The van der Waals surface area contributed by atoms with Crippen LogP contribution in [0.3, 0.4) is 0 Å². The number of carbonyl (C=O) groups is 1. The zero-order valence-corrected chi connectivity index (χ0v) is 19.4. The Kier molecular flexibility index (Phi) is 5.09. The maximum atomic E-state index is 12.2. The van der Waals surface area contributed by atoms with Gasteiger partial charge < -0.3 is 19.6 Å².